The van der Waals surface area contributed by atoms with Crippen LogP contribution in [0, 0.1) is 0 Å². The summed E-state index contributed by atoms with van der Waals surface area (Å²) in [7, 11) is 0. The highest BCUT2D eigenvalue weighted by Crippen LogP contribution is 2.28. The molecule has 29 heavy (non-hydrogen) atoms. The topological polar surface area (TPSA) is 66.8 Å². The third-order valence-electron chi connectivity index (χ3n) is 5.12. The molecule has 0 unspecified atom stereocenters. The lowest BCUT2D eigenvalue weighted by atomic mass is 10.1. The molecule has 2 aromatic rings. The molecule has 152 valence electrons. The third-order valence-corrected chi connectivity index (χ3v) is 5.94. The molecule has 4 rings (SSSR count). The Morgan fingerprint density at radius 3 is 2.79 bits per heavy atom. The molecule has 2 fully saturated rings. The van der Waals surface area contributed by atoms with E-state index in [0.29, 0.717) is 43.7 Å². The molecule has 1 N–H and O–H groups in total. The number of halogens is 1. The van der Waals surface area contributed by atoms with Crippen LogP contribution >= 0.6 is 28.1 Å². The van der Waals surface area contributed by atoms with Gasteiger partial charge < -0.3 is 19.5 Å². The number of hydrogen-bond acceptors (Lipinski definition) is 4. The minimum Gasteiger partial charge on any atom is -0.378 e. The summed E-state index contributed by atoms with van der Waals surface area (Å²) in [6.07, 6.45) is 3.71. The Morgan fingerprint density at radius 1 is 1.34 bits per heavy atom. The first-order chi connectivity index (χ1) is 14.0. The van der Waals surface area contributed by atoms with Gasteiger partial charge in [0.1, 0.15) is 12.2 Å². The molecule has 0 aliphatic carbocycles. The minimum atomic E-state index is -0.141. The first-order valence-corrected chi connectivity index (χ1v) is 10.7. The number of nitrogens with zero attached hydrogens (tertiary/aromatic N) is 3. The van der Waals surface area contributed by atoms with E-state index in [0.717, 1.165) is 20.9 Å². The van der Waals surface area contributed by atoms with E-state index in [2.05, 4.69) is 21.2 Å². The maximum Gasteiger partial charge on any atom is 0.276 e. The van der Waals surface area contributed by atoms with Crippen molar-refractivity contribution in [3.8, 4) is 0 Å². The maximum atomic E-state index is 12.7. The summed E-state index contributed by atoms with van der Waals surface area (Å²) in [6.45, 7) is 5.02. The normalized spacial score (nSPS) is 18.8. The molecule has 0 bridgehead atoms. The number of fused-ring (bicyclic) bond motifs is 1. The predicted octanol–water partition coefficient (Wildman–Crippen LogP) is 2.34. The number of hydrogen-bond donors (Lipinski definition) is 1. The van der Waals surface area contributed by atoms with E-state index in [9.17, 15) is 9.59 Å². The van der Waals surface area contributed by atoms with Crippen LogP contribution in [0.5, 0.6) is 0 Å². The van der Waals surface area contributed by atoms with E-state index in [4.69, 9.17) is 17.0 Å². The molecule has 2 saturated heterocycles. The number of rotatable bonds is 4. The van der Waals surface area contributed by atoms with Crippen molar-refractivity contribution < 1.29 is 14.3 Å². The van der Waals surface area contributed by atoms with Crippen LogP contribution in [0.3, 0.4) is 0 Å². The number of carbonyl (C=O) groups is 2. The number of carbonyl (C=O) groups excluding carboxylic acids is 2. The van der Waals surface area contributed by atoms with Gasteiger partial charge in [-0.3, -0.25) is 14.5 Å². The van der Waals surface area contributed by atoms with Gasteiger partial charge >= 0.3 is 0 Å². The van der Waals surface area contributed by atoms with E-state index < -0.39 is 0 Å². The Morgan fingerprint density at radius 2 is 2.10 bits per heavy atom. The lowest BCUT2D eigenvalue weighted by Gasteiger charge is -2.27. The second kappa shape index (κ2) is 8.25. The van der Waals surface area contributed by atoms with Crippen molar-refractivity contribution in [1.29, 1.82) is 0 Å². The fourth-order valence-electron chi connectivity index (χ4n) is 3.62. The van der Waals surface area contributed by atoms with E-state index in [1.54, 1.807) is 6.08 Å². The average molecular weight is 477 g/mol. The molecular weight excluding hydrogens is 456 g/mol. The molecule has 1 aromatic heterocycles. The predicted molar refractivity (Wildman–Crippen MR) is 118 cm³/mol. The first kappa shape index (κ1) is 20.1. The number of ether oxygens (including phenoxy) is 1. The zero-order chi connectivity index (χ0) is 20.5. The van der Waals surface area contributed by atoms with Gasteiger partial charge in [-0.05, 0) is 43.4 Å². The van der Waals surface area contributed by atoms with E-state index in [1.807, 2.05) is 40.8 Å². The van der Waals surface area contributed by atoms with Crippen LogP contribution < -0.4 is 5.32 Å². The summed E-state index contributed by atoms with van der Waals surface area (Å²) in [5.41, 5.74) is 2.23. The lowest BCUT2D eigenvalue weighted by Crippen LogP contribution is -2.42. The largest absolute Gasteiger partial charge is 0.378 e. The molecule has 9 heteroatoms. The van der Waals surface area contributed by atoms with Crippen LogP contribution in [0.15, 0.2) is 34.6 Å². The zero-order valence-corrected chi connectivity index (χ0v) is 18.4. The summed E-state index contributed by atoms with van der Waals surface area (Å²) < 4.78 is 8.19. The molecule has 0 radical (unpaired) electrons. The van der Waals surface area contributed by atoms with E-state index in [1.165, 1.54) is 4.90 Å². The fraction of sp³-hybridized carbons (Fsp3) is 0.350. The van der Waals surface area contributed by atoms with Gasteiger partial charge in [0.2, 0.25) is 5.91 Å². The number of nitrogens with one attached hydrogen (secondary N) is 1. The first-order valence-electron chi connectivity index (χ1n) is 9.46. The lowest BCUT2D eigenvalue weighted by molar-refractivity contribution is -0.135. The highest BCUT2D eigenvalue weighted by atomic mass is 79.9. The van der Waals surface area contributed by atoms with Crippen LogP contribution in [0.4, 0.5) is 0 Å². The average Bonchev–Trinajstić information content (AvgIpc) is 3.18. The molecular formula is C20H21BrN4O3S. The van der Waals surface area contributed by atoms with Crippen molar-refractivity contribution in [2.24, 2.45) is 0 Å². The van der Waals surface area contributed by atoms with Crippen molar-refractivity contribution >= 4 is 62.1 Å². The Bertz CT molecular complexity index is 1030. The second-order valence-electron chi connectivity index (χ2n) is 6.90. The van der Waals surface area contributed by atoms with Crippen molar-refractivity contribution in [3.05, 3.63) is 40.1 Å². The smallest absolute Gasteiger partial charge is 0.276 e. The zero-order valence-electron chi connectivity index (χ0n) is 16.0. The van der Waals surface area contributed by atoms with Gasteiger partial charge in [-0.15, -0.1) is 0 Å². The Kier molecular flexibility index (Phi) is 5.71. The monoisotopic (exact) mass is 476 g/mol. The molecule has 2 aliphatic heterocycles. The van der Waals surface area contributed by atoms with Gasteiger partial charge in [0.05, 0.1) is 13.2 Å². The molecule has 7 nitrogen and oxygen atoms in total. The van der Waals surface area contributed by atoms with Gasteiger partial charge in [-0.25, -0.2) is 0 Å². The molecule has 3 heterocycles. The summed E-state index contributed by atoms with van der Waals surface area (Å²) in [4.78, 5) is 28.7. The van der Waals surface area contributed by atoms with Crippen molar-refractivity contribution in [2.45, 2.75) is 13.5 Å². The third kappa shape index (κ3) is 3.94. The molecule has 0 atom stereocenters. The number of amides is 2. The Balaban J connectivity index is 1.69. The van der Waals surface area contributed by atoms with Crippen LogP contribution in [0.1, 0.15) is 12.5 Å². The number of aromatic nitrogens is 1. The van der Waals surface area contributed by atoms with Crippen LogP contribution in [-0.2, 0) is 20.9 Å². The SMILES string of the molecule is CCN1C(=O)/C(=C/c2cn(CC(=O)N3CCOCC3)c3ccc(Br)cc23)NC1=S. The standard InChI is InChI=1S/C20H21BrN4O3S/c1-2-25-19(27)16(22-20(25)29)9-13-11-24(17-4-3-14(21)10-15(13)17)12-18(26)23-5-7-28-8-6-23/h3-4,9-11H,2,5-8,12H2,1H3,(H,22,29)/b16-9-. The Hall–Kier alpha value is -2.23. The molecule has 0 saturated carbocycles. The highest BCUT2D eigenvalue weighted by Gasteiger charge is 2.29. The molecule has 0 spiro atoms. The summed E-state index contributed by atoms with van der Waals surface area (Å²) in [5.74, 6) is -0.0847. The van der Waals surface area contributed by atoms with E-state index in [-0.39, 0.29) is 18.4 Å². The van der Waals surface area contributed by atoms with Gasteiger partial charge in [0.15, 0.2) is 5.11 Å². The van der Waals surface area contributed by atoms with Crippen LogP contribution in [0.2, 0.25) is 0 Å². The van der Waals surface area contributed by atoms with Crippen LogP contribution in [-0.4, -0.2) is 64.1 Å². The number of thiocarbonyl (C=S) groups is 1. The molecule has 1 aromatic carbocycles. The van der Waals surface area contributed by atoms with E-state index >= 15 is 0 Å². The molecule has 2 aliphatic rings. The van der Waals surface area contributed by atoms with Gasteiger partial charge in [-0.2, -0.15) is 0 Å². The van der Waals surface area contributed by atoms with Crippen molar-refractivity contribution in [1.82, 2.24) is 19.7 Å². The van der Waals surface area contributed by atoms with Gasteiger partial charge in [-0.1, -0.05) is 15.9 Å². The number of morpholine rings is 1. The summed E-state index contributed by atoms with van der Waals surface area (Å²) in [5, 5.41) is 4.36. The highest BCUT2D eigenvalue weighted by molar-refractivity contribution is 9.10. The summed E-state index contributed by atoms with van der Waals surface area (Å²) in [6, 6.07) is 5.91. The fourth-order valence-corrected chi connectivity index (χ4v) is 4.30. The van der Waals surface area contributed by atoms with Gasteiger partial charge in [0, 0.05) is 46.8 Å². The van der Waals surface area contributed by atoms with Crippen molar-refractivity contribution in [2.75, 3.05) is 32.8 Å². The van der Waals surface area contributed by atoms with Crippen LogP contribution in [0.25, 0.3) is 17.0 Å². The maximum absolute atomic E-state index is 12.7. The molecule has 2 amide bonds. The summed E-state index contributed by atoms with van der Waals surface area (Å²) >= 11 is 8.75. The minimum absolute atomic E-state index is 0.0562. The second-order valence-corrected chi connectivity index (χ2v) is 8.21. The number of benzene rings is 1. The Labute approximate surface area is 182 Å². The van der Waals surface area contributed by atoms with Gasteiger partial charge in [0.25, 0.3) is 5.91 Å². The quantitative estimate of drug-likeness (QED) is 0.541. The van der Waals surface area contributed by atoms with Crippen molar-refractivity contribution in [3.63, 3.8) is 0 Å². The number of likely N-dealkylation sites (N-methyl/N-ethyl adjacent to an activating group) is 1.